The summed E-state index contributed by atoms with van der Waals surface area (Å²) in [7, 11) is 0. The predicted octanol–water partition coefficient (Wildman–Crippen LogP) is 1.45. The Labute approximate surface area is 161 Å². The van der Waals surface area contributed by atoms with E-state index in [4.69, 9.17) is 5.73 Å². The van der Waals surface area contributed by atoms with E-state index in [1.54, 1.807) is 24.3 Å². The lowest BCUT2D eigenvalue weighted by Gasteiger charge is -2.26. The zero-order valence-electron chi connectivity index (χ0n) is 15.7. The predicted molar refractivity (Wildman–Crippen MR) is 101 cm³/mol. The van der Waals surface area contributed by atoms with E-state index in [9.17, 15) is 9.59 Å². The second-order valence-corrected chi connectivity index (χ2v) is 7.19. The Bertz CT molecular complexity index is 994. The van der Waals surface area contributed by atoms with Crippen LogP contribution < -0.4 is 11.1 Å². The van der Waals surface area contributed by atoms with Crippen LogP contribution in [0.5, 0.6) is 0 Å². The number of nitrogens with two attached hydrogens (primary N) is 1. The van der Waals surface area contributed by atoms with Gasteiger partial charge in [-0.3, -0.25) is 14.6 Å². The summed E-state index contributed by atoms with van der Waals surface area (Å²) >= 11 is 0. The van der Waals surface area contributed by atoms with Gasteiger partial charge in [0.2, 0.25) is 11.7 Å². The van der Waals surface area contributed by atoms with Crippen molar-refractivity contribution in [2.75, 3.05) is 5.32 Å². The van der Waals surface area contributed by atoms with Crippen LogP contribution in [0, 0.1) is 5.41 Å². The van der Waals surface area contributed by atoms with Crippen LogP contribution in [-0.2, 0) is 4.79 Å². The van der Waals surface area contributed by atoms with Crippen molar-refractivity contribution >= 4 is 17.5 Å². The summed E-state index contributed by atoms with van der Waals surface area (Å²) < 4.78 is 0. The first-order valence-electron chi connectivity index (χ1n) is 8.53. The number of anilines is 1. The van der Waals surface area contributed by atoms with Gasteiger partial charge in [-0.05, 0) is 22.8 Å². The molecule has 0 saturated carbocycles. The van der Waals surface area contributed by atoms with Gasteiger partial charge >= 0.3 is 0 Å². The molecular formula is C18H20N8O2. The largest absolute Gasteiger partial charge is 0.368 e. The zero-order chi connectivity index (χ0) is 20.3. The fourth-order valence-corrected chi connectivity index (χ4v) is 2.72. The van der Waals surface area contributed by atoms with Gasteiger partial charge in [0.05, 0.1) is 11.9 Å². The van der Waals surface area contributed by atoms with Gasteiger partial charge in [-0.25, -0.2) is 4.98 Å². The van der Waals surface area contributed by atoms with Gasteiger partial charge in [-0.15, -0.1) is 10.2 Å². The average molecular weight is 380 g/mol. The summed E-state index contributed by atoms with van der Waals surface area (Å²) in [5.74, 6) is -0.719. The highest BCUT2D eigenvalue weighted by Crippen LogP contribution is 2.30. The molecule has 0 radical (unpaired) electrons. The average Bonchev–Trinajstić information content (AvgIpc) is 3.10. The maximum Gasteiger partial charge on any atom is 0.275 e. The number of carbonyl (C=O) groups excluding carboxylic acids is 2. The molecule has 0 aliphatic rings. The number of nitrogens with one attached hydrogen (secondary N) is 1. The van der Waals surface area contributed by atoms with Crippen molar-refractivity contribution in [3.63, 3.8) is 0 Å². The van der Waals surface area contributed by atoms with E-state index in [-0.39, 0.29) is 11.5 Å². The first-order chi connectivity index (χ1) is 13.3. The van der Waals surface area contributed by atoms with E-state index < -0.39 is 23.3 Å². The number of tetrazole rings is 1. The molecular weight excluding hydrogens is 360 g/mol. The van der Waals surface area contributed by atoms with Gasteiger partial charge in [0.15, 0.2) is 6.04 Å². The normalized spacial score (nSPS) is 12.4. The Hall–Kier alpha value is -3.69. The number of aromatic nitrogens is 6. The van der Waals surface area contributed by atoms with E-state index in [1.165, 1.54) is 23.4 Å². The van der Waals surface area contributed by atoms with E-state index >= 15 is 0 Å². The van der Waals surface area contributed by atoms with Crippen molar-refractivity contribution in [2.24, 2.45) is 11.1 Å². The molecule has 2 aromatic heterocycles. The molecule has 2 heterocycles. The van der Waals surface area contributed by atoms with Crippen LogP contribution in [0.4, 0.5) is 5.69 Å². The molecule has 0 bridgehead atoms. The van der Waals surface area contributed by atoms with Crippen molar-refractivity contribution in [3.8, 4) is 11.4 Å². The molecule has 28 heavy (non-hydrogen) atoms. The Morgan fingerprint density at radius 1 is 1.18 bits per heavy atom. The minimum atomic E-state index is -0.768. The van der Waals surface area contributed by atoms with E-state index in [0.29, 0.717) is 11.3 Å². The number of primary amides is 1. The highest BCUT2D eigenvalue weighted by Gasteiger charge is 2.34. The molecule has 2 amide bonds. The molecule has 0 saturated heterocycles. The van der Waals surface area contributed by atoms with E-state index in [1.807, 2.05) is 20.8 Å². The number of hydrogen-bond donors (Lipinski definition) is 2. The minimum Gasteiger partial charge on any atom is -0.368 e. The Morgan fingerprint density at radius 2 is 1.93 bits per heavy atom. The molecule has 3 aromatic rings. The maximum absolute atomic E-state index is 12.4. The standard InChI is InChI=1S/C18H20N8O2/c1-18(2,3)14(15(19)27)26-24-16(23-25-26)11-6-4-5-7-12(11)22-17(28)13-10-20-8-9-21-13/h4-10,14H,1-3H3,(H2,19,27)(H,22,28). The van der Waals surface area contributed by atoms with Gasteiger partial charge in [0, 0.05) is 18.0 Å². The molecule has 1 aromatic carbocycles. The van der Waals surface area contributed by atoms with Gasteiger partial charge < -0.3 is 11.1 Å². The fourth-order valence-electron chi connectivity index (χ4n) is 2.72. The first-order valence-corrected chi connectivity index (χ1v) is 8.53. The third kappa shape index (κ3) is 4.00. The molecule has 1 unspecified atom stereocenters. The van der Waals surface area contributed by atoms with Crippen molar-refractivity contribution in [1.82, 2.24) is 30.2 Å². The lowest BCUT2D eigenvalue weighted by atomic mass is 9.87. The quantitative estimate of drug-likeness (QED) is 0.682. The first kappa shape index (κ1) is 19.1. The van der Waals surface area contributed by atoms with Crippen LogP contribution in [-0.4, -0.2) is 42.0 Å². The monoisotopic (exact) mass is 380 g/mol. The highest BCUT2D eigenvalue weighted by atomic mass is 16.2. The number of nitrogens with zero attached hydrogens (tertiary/aromatic N) is 6. The van der Waals surface area contributed by atoms with Gasteiger partial charge in [0.25, 0.3) is 5.91 Å². The molecule has 3 N–H and O–H groups in total. The highest BCUT2D eigenvalue weighted by molar-refractivity contribution is 6.04. The molecule has 3 rings (SSSR count). The molecule has 1 atom stereocenters. The number of rotatable bonds is 5. The summed E-state index contributed by atoms with van der Waals surface area (Å²) in [5.41, 5.74) is 6.23. The molecule has 0 fully saturated rings. The lowest BCUT2D eigenvalue weighted by Crippen LogP contribution is -2.37. The molecule has 144 valence electrons. The topological polar surface area (TPSA) is 142 Å². The Kier molecular flexibility index (Phi) is 5.12. The van der Waals surface area contributed by atoms with Gasteiger partial charge in [-0.1, -0.05) is 32.9 Å². The Balaban J connectivity index is 1.93. The van der Waals surface area contributed by atoms with Crippen LogP contribution in [0.2, 0.25) is 0 Å². The van der Waals surface area contributed by atoms with Crippen molar-refractivity contribution < 1.29 is 9.59 Å². The summed E-state index contributed by atoms with van der Waals surface area (Å²) in [6.07, 6.45) is 4.29. The summed E-state index contributed by atoms with van der Waals surface area (Å²) in [6, 6.07) is 6.23. The van der Waals surface area contributed by atoms with Gasteiger partial charge in [0.1, 0.15) is 5.69 Å². The Morgan fingerprint density at radius 3 is 2.57 bits per heavy atom. The summed E-state index contributed by atoms with van der Waals surface area (Å²) in [5, 5.41) is 15.1. The lowest BCUT2D eigenvalue weighted by molar-refractivity contribution is -0.124. The summed E-state index contributed by atoms with van der Waals surface area (Å²) in [4.78, 5) is 33.4. The van der Waals surface area contributed by atoms with Crippen LogP contribution >= 0.6 is 0 Å². The number of para-hydroxylation sites is 1. The smallest absolute Gasteiger partial charge is 0.275 e. The maximum atomic E-state index is 12.4. The summed E-state index contributed by atoms with van der Waals surface area (Å²) in [6.45, 7) is 5.58. The SMILES string of the molecule is CC(C)(C)C(C(N)=O)n1nnc(-c2ccccc2NC(=O)c2cnccn2)n1. The second-order valence-electron chi connectivity index (χ2n) is 7.19. The number of carbonyl (C=O) groups is 2. The van der Waals surface area contributed by atoms with Crippen LogP contribution in [0.25, 0.3) is 11.4 Å². The van der Waals surface area contributed by atoms with Crippen molar-refractivity contribution in [1.29, 1.82) is 0 Å². The van der Waals surface area contributed by atoms with Crippen LogP contribution in [0.1, 0.15) is 37.3 Å². The van der Waals surface area contributed by atoms with Gasteiger partial charge in [-0.2, -0.15) is 4.80 Å². The number of benzene rings is 1. The molecule has 0 aliphatic carbocycles. The molecule has 0 spiro atoms. The van der Waals surface area contributed by atoms with Crippen molar-refractivity contribution in [3.05, 3.63) is 48.5 Å². The minimum absolute atomic E-state index is 0.176. The molecule has 10 nitrogen and oxygen atoms in total. The number of hydrogen-bond acceptors (Lipinski definition) is 7. The third-order valence-electron chi connectivity index (χ3n) is 3.96. The number of amides is 2. The van der Waals surface area contributed by atoms with E-state index in [0.717, 1.165) is 0 Å². The molecule has 0 aliphatic heterocycles. The zero-order valence-corrected chi connectivity index (χ0v) is 15.7. The second kappa shape index (κ2) is 7.51. The van der Waals surface area contributed by atoms with Crippen LogP contribution in [0.3, 0.4) is 0 Å². The van der Waals surface area contributed by atoms with Crippen molar-refractivity contribution in [2.45, 2.75) is 26.8 Å². The van der Waals surface area contributed by atoms with Crippen LogP contribution in [0.15, 0.2) is 42.9 Å². The molecule has 10 heteroatoms. The van der Waals surface area contributed by atoms with E-state index in [2.05, 4.69) is 30.7 Å². The fraction of sp³-hybridized carbons (Fsp3) is 0.278. The third-order valence-corrected chi connectivity index (χ3v) is 3.96.